The van der Waals surface area contributed by atoms with Crippen molar-refractivity contribution in [3.63, 3.8) is 0 Å². The molecule has 0 aliphatic carbocycles. The number of carboxylic acid groups (broad SMARTS) is 1. The molecule has 0 fully saturated rings. The molecule has 1 aromatic heterocycles. The number of halogens is 2. The van der Waals surface area contributed by atoms with Crippen LogP contribution in [0.2, 0.25) is 0 Å². The van der Waals surface area contributed by atoms with Crippen molar-refractivity contribution >= 4 is 34.9 Å². The largest absolute Gasteiger partial charge is 0.479 e. The third kappa shape index (κ3) is 7.17. The second-order valence-corrected chi connectivity index (χ2v) is 5.48. The highest BCUT2D eigenvalue weighted by Crippen LogP contribution is 2.19. The molecule has 2 aromatic rings. The number of hydrogen-bond donors (Lipinski definition) is 2. The Balaban J connectivity index is 0.000000400. The molecule has 2 N–H and O–H groups in total. The highest BCUT2D eigenvalue weighted by atomic mass is 35.5. The van der Waals surface area contributed by atoms with Crippen LogP contribution in [0.4, 0.5) is 5.69 Å². The SMILES string of the molecule is O=C(O)C(O)c1ccc(N(CCCl)CCCl)cc1.c1ccncc1. The maximum atomic E-state index is 10.6. The standard InChI is InChI=1S/C12H15Cl2NO3.C5H5N/c13-5-7-15(8-6-14)10-3-1-9(2-4-10)11(16)12(17)18;1-2-4-6-5-3-1/h1-4,11,16H,5-8H2,(H,17,18);1-5H. The van der Waals surface area contributed by atoms with Crippen molar-refractivity contribution in [1.82, 2.24) is 4.98 Å². The lowest BCUT2D eigenvalue weighted by Gasteiger charge is -2.23. The zero-order chi connectivity index (χ0) is 17.8. The number of aromatic nitrogens is 1. The maximum Gasteiger partial charge on any atom is 0.337 e. The predicted molar refractivity (Wildman–Crippen MR) is 96.9 cm³/mol. The average molecular weight is 371 g/mol. The molecular weight excluding hydrogens is 351 g/mol. The summed E-state index contributed by atoms with van der Waals surface area (Å²) in [5.74, 6) is -0.298. The zero-order valence-electron chi connectivity index (χ0n) is 13.1. The molecule has 1 aromatic carbocycles. The van der Waals surface area contributed by atoms with Gasteiger partial charge < -0.3 is 15.1 Å². The zero-order valence-corrected chi connectivity index (χ0v) is 14.6. The summed E-state index contributed by atoms with van der Waals surface area (Å²) in [6, 6.07) is 12.4. The van der Waals surface area contributed by atoms with E-state index in [2.05, 4.69) is 4.98 Å². The number of benzene rings is 1. The van der Waals surface area contributed by atoms with Gasteiger partial charge in [-0.3, -0.25) is 4.98 Å². The summed E-state index contributed by atoms with van der Waals surface area (Å²) in [7, 11) is 0. The van der Waals surface area contributed by atoms with Crippen molar-refractivity contribution in [3.05, 3.63) is 60.4 Å². The summed E-state index contributed by atoms with van der Waals surface area (Å²) in [6.07, 6.45) is 2.01. The van der Waals surface area contributed by atoms with E-state index < -0.39 is 12.1 Å². The number of hydrogen-bond acceptors (Lipinski definition) is 4. The summed E-state index contributed by atoms with van der Waals surface area (Å²) in [5.41, 5.74) is 1.25. The second kappa shape index (κ2) is 11.7. The van der Waals surface area contributed by atoms with Gasteiger partial charge in [0.15, 0.2) is 6.10 Å². The van der Waals surface area contributed by atoms with Crippen LogP contribution in [0.5, 0.6) is 0 Å². The highest BCUT2D eigenvalue weighted by Gasteiger charge is 2.15. The van der Waals surface area contributed by atoms with E-state index in [1.54, 1.807) is 36.7 Å². The van der Waals surface area contributed by atoms with Gasteiger partial charge in [0.25, 0.3) is 0 Å². The molecule has 0 saturated carbocycles. The van der Waals surface area contributed by atoms with Crippen LogP contribution < -0.4 is 4.90 Å². The third-order valence-electron chi connectivity index (χ3n) is 3.08. The van der Waals surface area contributed by atoms with E-state index in [0.29, 0.717) is 30.4 Å². The Hall–Kier alpha value is -1.82. The molecule has 1 unspecified atom stereocenters. The number of carbonyl (C=O) groups is 1. The molecule has 7 heteroatoms. The van der Waals surface area contributed by atoms with Gasteiger partial charge in [-0.1, -0.05) is 18.2 Å². The first-order valence-corrected chi connectivity index (χ1v) is 8.39. The monoisotopic (exact) mass is 370 g/mol. The van der Waals surface area contributed by atoms with E-state index >= 15 is 0 Å². The number of carboxylic acids is 1. The summed E-state index contributed by atoms with van der Waals surface area (Å²) in [6.45, 7) is 1.32. The van der Waals surface area contributed by atoms with Gasteiger partial charge >= 0.3 is 5.97 Å². The first kappa shape index (κ1) is 20.2. The van der Waals surface area contributed by atoms with Crippen LogP contribution in [0.1, 0.15) is 11.7 Å². The second-order valence-electron chi connectivity index (χ2n) is 4.72. The van der Waals surface area contributed by atoms with Gasteiger partial charge in [0, 0.05) is 42.9 Å². The number of aliphatic hydroxyl groups is 1. The Morgan fingerprint density at radius 2 is 1.58 bits per heavy atom. The number of aliphatic hydroxyl groups excluding tert-OH is 1. The maximum absolute atomic E-state index is 10.6. The van der Waals surface area contributed by atoms with Crippen LogP contribution in [0.3, 0.4) is 0 Å². The smallest absolute Gasteiger partial charge is 0.337 e. The molecule has 24 heavy (non-hydrogen) atoms. The van der Waals surface area contributed by atoms with Gasteiger partial charge in [-0.2, -0.15) is 0 Å². The molecule has 130 valence electrons. The molecule has 0 aliphatic heterocycles. The van der Waals surface area contributed by atoms with Gasteiger partial charge in [0.1, 0.15) is 0 Å². The summed E-state index contributed by atoms with van der Waals surface area (Å²) >= 11 is 11.4. The van der Waals surface area contributed by atoms with Crippen molar-refractivity contribution in [2.75, 3.05) is 29.7 Å². The molecule has 0 radical (unpaired) electrons. The third-order valence-corrected chi connectivity index (χ3v) is 3.42. The van der Waals surface area contributed by atoms with E-state index in [1.165, 1.54) is 0 Å². The Morgan fingerprint density at radius 1 is 1.04 bits per heavy atom. The van der Waals surface area contributed by atoms with Crippen LogP contribution in [-0.4, -0.2) is 46.0 Å². The fourth-order valence-corrected chi connectivity index (χ4v) is 2.30. The van der Waals surface area contributed by atoms with E-state index in [-0.39, 0.29) is 0 Å². The minimum atomic E-state index is -1.49. The van der Waals surface area contributed by atoms with E-state index in [4.69, 9.17) is 28.3 Å². The molecule has 0 saturated heterocycles. The lowest BCUT2D eigenvalue weighted by atomic mass is 10.1. The molecule has 1 atom stereocenters. The topological polar surface area (TPSA) is 73.7 Å². The van der Waals surface area contributed by atoms with Crippen molar-refractivity contribution in [2.24, 2.45) is 0 Å². The first-order valence-electron chi connectivity index (χ1n) is 7.32. The fourth-order valence-electron chi connectivity index (χ4n) is 1.90. The Bertz CT molecular complexity index is 549. The average Bonchev–Trinajstić information content (AvgIpc) is 2.63. The van der Waals surface area contributed by atoms with Crippen LogP contribution in [0, 0.1) is 0 Å². The van der Waals surface area contributed by atoms with Crippen molar-refractivity contribution in [2.45, 2.75) is 6.10 Å². The lowest BCUT2D eigenvalue weighted by molar-refractivity contribution is -0.146. The number of rotatable bonds is 7. The molecule has 2 rings (SSSR count). The van der Waals surface area contributed by atoms with E-state index in [1.807, 2.05) is 23.1 Å². The van der Waals surface area contributed by atoms with Crippen LogP contribution >= 0.6 is 23.2 Å². The number of aliphatic carboxylic acids is 1. The highest BCUT2D eigenvalue weighted by molar-refractivity contribution is 6.18. The summed E-state index contributed by atoms with van der Waals surface area (Å²) in [5, 5.41) is 18.1. The molecule has 0 aliphatic rings. The summed E-state index contributed by atoms with van der Waals surface area (Å²) < 4.78 is 0. The number of anilines is 1. The van der Waals surface area contributed by atoms with Crippen molar-refractivity contribution in [3.8, 4) is 0 Å². The molecule has 0 amide bonds. The van der Waals surface area contributed by atoms with Crippen molar-refractivity contribution in [1.29, 1.82) is 0 Å². The van der Waals surface area contributed by atoms with Crippen LogP contribution in [-0.2, 0) is 4.79 Å². The normalized spacial score (nSPS) is 11.1. The minimum absolute atomic E-state index is 0.350. The van der Waals surface area contributed by atoms with E-state index in [9.17, 15) is 9.90 Å². The number of pyridine rings is 1. The summed E-state index contributed by atoms with van der Waals surface area (Å²) in [4.78, 5) is 16.4. The number of nitrogens with zero attached hydrogens (tertiary/aromatic N) is 2. The Morgan fingerprint density at radius 3 is 1.92 bits per heavy atom. The number of alkyl halides is 2. The molecule has 0 spiro atoms. The van der Waals surface area contributed by atoms with Crippen molar-refractivity contribution < 1.29 is 15.0 Å². The minimum Gasteiger partial charge on any atom is -0.479 e. The van der Waals surface area contributed by atoms with Crippen LogP contribution in [0.25, 0.3) is 0 Å². The molecule has 1 heterocycles. The predicted octanol–water partition coefficient (Wildman–Crippen LogP) is 3.17. The van der Waals surface area contributed by atoms with Gasteiger partial charge in [-0.05, 0) is 29.8 Å². The Labute approximate surface area is 151 Å². The molecular formula is C17H20Cl2N2O3. The first-order chi connectivity index (χ1) is 11.6. The molecule has 5 nitrogen and oxygen atoms in total. The van der Waals surface area contributed by atoms with Gasteiger partial charge in [-0.25, -0.2) is 4.79 Å². The quantitative estimate of drug-likeness (QED) is 0.732. The molecule has 0 bridgehead atoms. The van der Waals surface area contributed by atoms with Gasteiger partial charge in [0.2, 0.25) is 0 Å². The van der Waals surface area contributed by atoms with Gasteiger partial charge in [0.05, 0.1) is 0 Å². The fraction of sp³-hybridized carbons (Fsp3) is 0.294. The lowest BCUT2D eigenvalue weighted by Crippen LogP contribution is -2.27. The van der Waals surface area contributed by atoms with Crippen LogP contribution in [0.15, 0.2) is 54.9 Å². The Kier molecular flexibility index (Phi) is 9.84. The van der Waals surface area contributed by atoms with E-state index in [0.717, 1.165) is 5.69 Å². The van der Waals surface area contributed by atoms with Gasteiger partial charge in [-0.15, -0.1) is 23.2 Å².